The molecule has 2 N–H and O–H groups in total. The van der Waals surface area contributed by atoms with Crippen LogP contribution in [0.5, 0.6) is 5.75 Å². The summed E-state index contributed by atoms with van der Waals surface area (Å²) >= 11 is 0. The van der Waals surface area contributed by atoms with Crippen molar-refractivity contribution in [2.24, 2.45) is 0 Å². The van der Waals surface area contributed by atoms with Gasteiger partial charge in [-0.15, -0.1) is 0 Å². The first-order valence-electron chi connectivity index (χ1n) is 5.57. The van der Waals surface area contributed by atoms with E-state index >= 15 is 0 Å². The molecule has 0 aliphatic rings. The van der Waals surface area contributed by atoms with Gasteiger partial charge in [0.2, 0.25) is 0 Å². The Bertz CT molecular complexity index is 421. The van der Waals surface area contributed by atoms with Crippen LogP contribution in [0.25, 0.3) is 0 Å². The largest absolute Gasteiger partial charge is 0.497 e. The van der Waals surface area contributed by atoms with Crippen molar-refractivity contribution >= 4 is 6.03 Å². The maximum absolute atomic E-state index is 12.0. The van der Waals surface area contributed by atoms with E-state index in [0.29, 0.717) is 12.2 Å². The molecule has 2 amide bonds. The van der Waals surface area contributed by atoms with Crippen LogP contribution in [0.4, 0.5) is 9.18 Å². The number of carbonyl (C=O) groups excluding carboxylic acids is 1. The molecule has 0 saturated heterocycles. The van der Waals surface area contributed by atoms with Gasteiger partial charge in [0.05, 0.1) is 13.8 Å². The Kier molecular flexibility index (Phi) is 5.70. The quantitative estimate of drug-likeness (QED) is 0.816. The van der Waals surface area contributed by atoms with E-state index in [1.165, 1.54) is 0 Å². The molecule has 98 valence electrons. The fraction of sp³-hybridized carbons (Fsp3) is 0.308. The maximum Gasteiger partial charge on any atom is 0.319 e. The third kappa shape index (κ3) is 4.86. The minimum absolute atomic E-state index is 0.132. The van der Waals surface area contributed by atoms with Crippen molar-refractivity contribution in [3.8, 4) is 5.75 Å². The number of urea groups is 1. The molecule has 18 heavy (non-hydrogen) atoms. The lowest BCUT2D eigenvalue weighted by Gasteiger charge is -2.09. The molecule has 1 aromatic rings. The maximum atomic E-state index is 12.0. The van der Waals surface area contributed by atoms with Crippen LogP contribution in [0.1, 0.15) is 12.0 Å². The summed E-state index contributed by atoms with van der Waals surface area (Å²) in [4.78, 5) is 11.4. The lowest BCUT2D eigenvalue weighted by molar-refractivity contribution is 0.242. The lowest BCUT2D eigenvalue weighted by atomic mass is 10.2. The fourth-order valence-electron chi connectivity index (χ4n) is 1.35. The van der Waals surface area contributed by atoms with E-state index in [0.717, 1.165) is 11.3 Å². The summed E-state index contributed by atoms with van der Waals surface area (Å²) in [5, 5.41) is 5.11. The minimum atomic E-state index is -0.533. The highest BCUT2D eigenvalue weighted by Gasteiger charge is 2.03. The number of ether oxygens (including phenoxy) is 1. The summed E-state index contributed by atoms with van der Waals surface area (Å²) in [6.07, 6.45) is 0.132. The topological polar surface area (TPSA) is 50.4 Å². The molecule has 0 heterocycles. The van der Waals surface area contributed by atoms with Crippen LogP contribution in [0.15, 0.2) is 36.5 Å². The van der Waals surface area contributed by atoms with Gasteiger partial charge in [0.15, 0.2) is 0 Å². The Morgan fingerprint density at radius 1 is 1.50 bits per heavy atom. The van der Waals surface area contributed by atoms with E-state index in [1.807, 2.05) is 24.3 Å². The van der Waals surface area contributed by atoms with Crippen LogP contribution in [0, 0.1) is 0 Å². The van der Waals surface area contributed by atoms with Crippen LogP contribution in [0.3, 0.4) is 0 Å². The van der Waals surface area contributed by atoms with Gasteiger partial charge in [0, 0.05) is 18.7 Å². The van der Waals surface area contributed by atoms with Gasteiger partial charge in [0.1, 0.15) is 5.75 Å². The highest BCUT2D eigenvalue weighted by atomic mass is 19.1. The molecule has 0 fully saturated rings. The average Bonchev–Trinajstić information content (AvgIpc) is 2.37. The highest BCUT2D eigenvalue weighted by Crippen LogP contribution is 2.11. The van der Waals surface area contributed by atoms with E-state index < -0.39 is 12.7 Å². The van der Waals surface area contributed by atoms with Gasteiger partial charge in [-0.2, -0.15) is 0 Å². The second kappa shape index (κ2) is 7.32. The Labute approximate surface area is 106 Å². The third-order valence-corrected chi connectivity index (χ3v) is 2.27. The minimum Gasteiger partial charge on any atom is -0.497 e. The van der Waals surface area contributed by atoms with Crippen molar-refractivity contribution in [1.82, 2.24) is 10.6 Å². The van der Waals surface area contributed by atoms with Gasteiger partial charge in [-0.25, -0.2) is 4.79 Å². The molecular weight excluding hydrogens is 235 g/mol. The van der Waals surface area contributed by atoms with Gasteiger partial charge in [-0.05, 0) is 17.7 Å². The van der Waals surface area contributed by atoms with Gasteiger partial charge in [-0.1, -0.05) is 18.7 Å². The zero-order valence-electron chi connectivity index (χ0n) is 10.3. The molecule has 0 radical (unpaired) electrons. The number of methoxy groups -OCH3 is 1. The summed E-state index contributed by atoms with van der Waals surface area (Å²) in [6, 6.07) is 6.98. The Balaban J connectivity index is 2.40. The first-order chi connectivity index (χ1) is 8.65. The van der Waals surface area contributed by atoms with Crippen LogP contribution in [-0.4, -0.2) is 19.8 Å². The van der Waals surface area contributed by atoms with E-state index in [4.69, 9.17) is 4.74 Å². The summed E-state index contributed by atoms with van der Waals surface area (Å²) in [5.74, 6) is 0.733. The molecule has 1 rings (SSSR count). The normalized spacial score (nSPS) is 9.67. The first kappa shape index (κ1) is 14.0. The van der Waals surface area contributed by atoms with Crippen molar-refractivity contribution in [3.05, 3.63) is 42.1 Å². The first-order valence-corrected chi connectivity index (χ1v) is 5.57. The molecule has 0 aliphatic heterocycles. The van der Waals surface area contributed by atoms with Gasteiger partial charge < -0.3 is 15.4 Å². The molecule has 0 aromatic heterocycles. The van der Waals surface area contributed by atoms with Crippen molar-refractivity contribution in [3.63, 3.8) is 0 Å². The molecule has 0 atom stereocenters. The number of rotatable bonds is 6. The smallest absolute Gasteiger partial charge is 0.319 e. The summed E-state index contributed by atoms with van der Waals surface area (Å²) in [5.41, 5.74) is 1.28. The number of allylic oxidation sites excluding steroid dienone is 1. The van der Waals surface area contributed by atoms with Crippen LogP contribution in [-0.2, 0) is 6.54 Å². The van der Waals surface area contributed by atoms with E-state index in [1.54, 1.807) is 7.11 Å². The number of hydrogen-bond donors (Lipinski definition) is 2. The van der Waals surface area contributed by atoms with Crippen LogP contribution in [0.2, 0.25) is 0 Å². The SMILES string of the molecule is C=C(CCF)NC(=O)NCc1cccc(OC)c1. The number of benzene rings is 1. The summed E-state index contributed by atoms with van der Waals surface area (Å²) in [6.45, 7) is 3.37. The summed E-state index contributed by atoms with van der Waals surface area (Å²) < 4.78 is 17.1. The number of hydrogen-bond acceptors (Lipinski definition) is 2. The number of alkyl halides is 1. The molecule has 0 aliphatic carbocycles. The Hall–Kier alpha value is -2.04. The standard InChI is InChI=1S/C13H17FN2O2/c1-10(6-7-14)16-13(17)15-9-11-4-3-5-12(8-11)18-2/h3-5,8H,1,6-7,9H2,2H3,(H2,15,16,17). The Morgan fingerprint density at radius 3 is 2.94 bits per heavy atom. The molecular formula is C13H17FN2O2. The second-order valence-electron chi connectivity index (χ2n) is 3.70. The van der Waals surface area contributed by atoms with Crippen molar-refractivity contribution in [1.29, 1.82) is 0 Å². The van der Waals surface area contributed by atoms with Crippen LogP contribution >= 0.6 is 0 Å². The Morgan fingerprint density at radius 2 is 2.28 bits per heavy atom. The monoisotopic (exact) mass is 252 g/mol. The zero-order chi connectivity index (χ0) is 13.4. The predicted octanol–water partition coefficient (Wildman–Crippen LogP) is 2.37. The molecule has 4 nitrogen and oxygen atoms in total. The zero-order valence-corrected chi connectivity index (χ0v) is 10.3. The average molecular weight is 252 g/mol. The van der Waals surface area contributed by atoms with Crippen molar-refractivity contribution in [2.45, 2.75) is 13.0 Å². The highest BCUT2D eigenvalue weighted by molar-refractivity contribution is 5.75. The third-order valence-electron chi connectivity index (χ3n) is 2.27. The van der Waals surface area contributed by atoms with Gasteiger partial charge in [0.25, 0.3) is 0 Å². The molecule has 0 saturated carbocycles. The van der Waals surface area contributed by atoms with Crippen molar-refractivity contribution in [2.75, 3.05) is 13.8 Å². The van der Waals surface area contributed by atoms with Gasteiger partial charge in [-0.3, -0.25) is 4.39 Å². The number of amides is 2. The van der Waals surface area contributed by atoms with Crippen LogP contribution < -0.4 is 15.4 Å². The lowest BCUT2D eigenvalue weighted by Crippen LogP contribution is -2.34. The number of nitrogens with one attached hydrogen (secondary N) is 2. The number of halogens is 1. The molecule has 1 aromatic carbocycles. The van der Waals surface area contributed by atoms with Gasteiger partial charge >= 0.3 is 6.03 Å². The molecule has 0 unspecified atom stereocenters. The number of carbonyl (C=O) groups is 1. The van der Waals surface area contributed by atoms with Crippen molar-refractivity contribution < 1.29 is 13.9 Å². The fourth-order valence-corrected chi connectivity index (χ4v) is 1.35. The summed E-state index contributed by atoms with van der Waals surface area (Å²) in [7, 11) is 1.58. The molecule has 0 bridgehead atoms. The van der Waals surface area contributed by atoms with E-state index in [9.17, 15) is 9.18 Å². The molecule has 5 heteroatoms. The predicted molar refractivity (Wildman–Crippen MR) is 68.1 cm³/mol. The second-order valence-corrected chi connectivity index (χ2v) is 3.70. The van der Waals surface area contributed by atoms with E-state index in [2.05, 4.69) is 17.2 Å². The van der Waals surface area contributed by atoms with E-state index in [-0.39, 0.29) is 6.42 Å². The molecule has 0 spiro atoms.